The van der Waals surface area contributed by atoms with Crippen LogP contribution in [0.25, 0.3) is 0 Å². The van der Waals surface area contributed by atoms with Gasteiger partial charge in [-0.3, -0.25) is 0 Å². The van der Waals surface area contributed by atoms with Gasteiger partial charge in [0.25, 0.3) is 0 Å². The molecule has 17 heavy (non-hydrogen) atoms. The highest BCUT2D eigenvalue weighted by Crippen LogP contribution is 2.40. The van der Waals surface area contributed by atoms with Crippen molar-refractivity contribution < 1.29 is 0 Å². The minimum absolute atomic E-state index is 0.599. The molecule has 1 aliphatic heterocycles. The maximum Gasteiger partial charge on any atom is 0.0621 e. The number of nitriles is 1. The molecule has 2 rings (SSSR count). The summed E-state index contributed by atoms with van der Waals surface area (Å²) in [6.07, 6.45) is 14.5. The van der Waals surface area contributed by atoms with Crippen LogP contribution in [0.2, 0.25) is 0 Å². The Kier molecular flexibility index (Phi) is 4.62. The largest absolute Gasteiger partial charge is 0.303 e. The molecule has 0 unspecified atom stereocenters. The predicted octanol–water partition coefficient (Wildman–Crippen LogP) is 3.50. The Labute approximate surface area is 105 Å². The molecule has 0 aromatic carbocycles. The van der Waals surface area contributed by atoms with Crippen molar-refractivity contribution in [3.8, 4) is 6.07 Å². The lowest BCUT2D eigenvalue weighted by molar-refractivity contribution is 0.0781. The van der Waals surface area contributed by atoms with Crippen molar-refractivity contribution in [3.63, 3.8) is 0 Å². The zero-order chi connectivity index (χ0) is 12.0. The van der Waals surface area contributed by atoms with Crippen molar-refractivity contribution in [3.05, 3.63) is 12.2 Å². The molecule has 94 valence electrons. The van der Waals surface area contributed by atoms with Crippen LogP contribution >= 0.6 is 0 Å². The molecular weight excluding hydrogens is 208 g/mol. The Hall–Kier alpha value is -0.810. The number of hydrogen-bond acceptors (Lipinski definition) is 2. The third kappa shape index (κ3) is 3.57. The highest BCUT2D eigenvalue weighted by molar-refractivity contribution is 5.00. The first-order chi connectivity index (χ1) is 8.35. The number of unbranched alkanes of at least 4 members (excludes halogenated alkanes) is 2. The molecule has 0 radical (unpaired) electrons. The van der Waals surface area contributed by atoms with Gasteiger partial charge in [-0.05, 0) is 63.5 Å². The number of allylic oxidation sites excluding steroid dienone is 2. The number of hydrogen-bond donors (Lipinski definition) is 0. The van der Waals surface area contributed by atoms with E-state index in [-0.39, 0.29) is 0 Å². The van der Waals surface area contributed by atoms with Crippen LogP contribution in [0.4, 0.5) is 0 Å². The molecule has 1 saturated heterocycles. The first-order valence-electron chi connectivity index (χ1n) is 7.09. The standard InChI is InChI=1S/C15H24N2/c16-11-5-2-6-12-17-13-7-10-15(14-17)8-3-1-4-9-15/h1,3H,2,4-10,12-14H2/t15-/m0/s1. The Balaban J connectivity index is 1.77. The Morgan fingerprint density at radius 2 is 2.18 bits per heavy atom. The van der Waals surface area contributed by atoms with Gasteiger partial charge in [0.05, 0.1) is 6.07 Å². The van der Waals surface area contributed by atoms with Gasteiger partial charge >= 0.3 is 0 Å². The summed E-state index contributed by atoms with van der Waals surface area (Å²) in [7, 11) is 0. The number of rotatable bonds is 4. The minimum atomic E-state index is 0.599. The topological polar surface area (TPSA) is 27.0 Å². The highest BCUT2D eigenvalue weighted by atomic mass is 15.1. The average molecular weight is 232 g/mol. The van der Waals surface area contributed by atoms with E-state index in [9.17, 15) is 0 Å². The van der Waals surface area contributed by atoms with Gasteiger partial charge in [-0.2, -0.15) is 5.26 Å². The molecule has 1 fully saturated rings. The van der Waals surface area contributed by atoms with E-state index in [0.29, 0.717) is 5.41 Å². The van der Waals surface area contributed by atoms with E-state index in [1.807, 2.05) is 0 Å². The number of piperidine rings is 1. The van der Waals surface area contributed by atoms with Crippen LogP contribution in [0, 0.1) is 16.7 Å². The quantitative estimate of drug-likeness (QED) is 0.548. The third-order valence-corrected chi connectivity index (χ3v) is 4.31. The fourth-order valence-corrected chi connectivity index (χ4v) is 3.35. The molecule has 1 aliphatic carbocycles. The highest BCUT2D eigenvalue weighted by Gasteiger charge is 2.34. The molecule has 0 N–H and O–H groups in total. The average Bonchev–Trinajstić information content (AvgIpc) is 2.36. The molecule has 1 atom stereocenters. The van der Waals surface area contributed by atoms with E-state index in [0.717, 1.165) is 12.8 Å². The maximum absolute atomic E-state index is 8.53. The number of likely N-dealkylation sites (tertiary alicyclic amines) is 1. The fourth-order valence-electron chi connectivity index (χ4n) is 3.35. The van der Waals surface area contributed by atoms with Gasteiger partial charge in [-0.25, -0.2) is 0 Å². The van der Waals surface area contributed by atoms with Gasteiger partial charge in [0.2, 0.25) is 0 Å². The van der Waals surface area contributed by atoms with Gasteiger partial charge in [-0.1, -0.05) is 12.2 Å². The second-order valence-electron chi connectivity index (χ2n) is 5.71. The van der Waals surface area contributed by atoms with E-state index >= 15 is 0 Å². The van der Waals surface area contributed by atoms with E-state index in [1.165, 1.54) is 58.2 Å². The molecule has 0 aromatic rings. The molecule has 0 bridgehead atoms. The van der Waals surface area contributed by atoms with Crippen molar-refractivity contribution in [1.82, 2.24) is 4.90 Å². The summed E-state index contributed by atoms with van der Waals surface area (Å²) in [5.41, 5.74) is 0.599. The summed E-state index contributed by atoms with van der Waals surface area (Å²) in [5, 5.41) is 8.53. The van der Waals surface area contributed by atoms with E-state index < -0.39 is 0 Å². The lowest BCUT2D eigenvalue weighted by atomic mass is 9.71. The van der Waals surface area contributed by atoms with E-state index in [2.05, 4.69) is 23.1 Å². The summed E-state index contributed by atoms with van der Waals surface area (Å²) >= 11 is 0. The van der Waals surface area contributed by atoms with Crippen LogP contribution in [0.1, 0.15) is 51.4 Å². The second-order valence-corrected chi connectivity index (χ2v) is 5.71. The molecular formula is C15H24N2. The summed E-state index contributed by atoms with van der Waals surface area (Å²) in [5.74, 6) is 0. The first kappa shape index (κ1) is 12.6. The normalized spacial score (nSPS) is 29.4. The van der Waals surface area contributed by atoms with Crippen molar-refractivity contribution in [2.24, 2.45) is 5.41 Å². The van der Waals surface area contributed by atoms with Crippen molar-refractivity contribution >= 4 is 0 Å². The molecule has 0 saturated carbocycles. The zero-order valence-electron chi connectivity index (χ0n) is 10.8. The predicted molar refractivity (Wildman–Crippen MR) is 70.6 cm³/mol. The smallest absolute Gasteiger partial charge is 0.0621 e. The van der Waals surface area contributed by atoms with Gasteiger partial charge in [0, 0.05) is 13.0 Å². The van der Waals surface area contributed by atoms with Gasteiger partial charge < -0.3 is 4.90 Å². The summed E-state index contributed by atoms with van der Waals surface area (Å²) < 4.78 is 0. The van der Waals surface area contributed by atoms with Crippen LogP contribution in [-0.4, -0.2) is 24.5 Å². The van der Waals surface area contributed by atoms with Crippen LogP contribution in [0.3, 0.4) is 0 Å². The van der Waals surface area contributed by atoms with E-state index in [4.69, 9.17) is 5.26 Å². The summed E-state index contributed by atoms with van der Waals surface area (Å²) in [6, 6.07) is 2.23. The third-order valence-electron chi connectivity index (χ3n) is 4.31. The van der Waals surface area contributed by atoms with Crippen LogP contribution < -0.4 is 0 Å². The summed E-state index contributed by atoms with van der Waals surface area (Å²) in [6.45, 7) is 3.77. The molecule has 2 nitrogen and oxygen atoms in total. The summed E-state index contributed by atoms with van der Waals surface area (Å²) in [4.78, 5) is 2.64. The molecule has 1 spiro atoms. The number of nitrogens with zero attached hydrogens (tertiary/aromatic N) is 2. The van der Waals surface area contributed by atoms with E-state index in [1.54, 1.807) is 0 Å². The minimum Gasteiger partial charge on any atom is -0.303 e. The fraction of sp³-hybridized carbons (Fsp3) is 0.800. The zero-order valence-corrected chi connectivity index (χ0v) is 10.8. The van der Waals surface area contributed by atoms with Gasteiger partial charge in [0.1, 0.15) is 0 Å². The van der Waals surface area contributed by atoms with Crippen LogP contribution in [-0.2, 0) is 0 Å². The second kappa shape index (κ2) is 6.21. The Morgan fingerprint density at radius 1 is 1.24 bits per heavy atom. The van der Waals surface area contributed by atoms with Crippen molar-refractivity contribution in [2.45, 2.75) is 51.4 Å². The Bertz CT molecular complexity index is 303. The Morgan fingerprint density at radius 3 is 2.94 bits per heavy atom. The van der Waals surface area contributed by atoms with Crippen molar-refractivity contribution in [2.75, 3.05) is 19.6 Å². The molecule has 0 aromatic heterocycles. The first-order valence-corrected chi connectivity index (χ1v) is 7.09. The molecule has 1 heterocycles. The molecule has 0 amide bonds. The van der Waals surface area contributed by atoms with Crippen LogP contribution in [0.15, 0.2) is 12.2 Å². The monoisotopic (exact) mass is 232 g/mol. The lowest BCUT2D eigenvalue weighted by Crippen LogP contribution is -2.44. The maximum atomic E-state index is 8.53. The SMILES string of the molecule is N#CCCCCN1CCC[C@@]2(CC=CCC2)C1. The van der Waals surface area contributed by atoms with Gasteiger partial charge in [-0.15, -0.1) is 0 Å². The van der Waals surface area contributed by atoms with Crippen LogP contribution in [0.5, 0.6) is 0 Å². The molecule has 2 aliphatic rings. The molecule has 2 heteroatoms. The van der Waals surface area contributed by atoms with Gasteiger partial charge in [0.15, 0.2) is 0 Å². The lowest BCUT2D eigenvalue weighted by Gasteiger charge is -2.44. The van der Waals surface area contributed by atoms with Crippen molar-refractivity contribution in [1.29, 1.82) is 5.26 Å².